The summed E-state index contributed by atoms with van der Waals surface area (Å²) in [6.45, 7) is 6.63. The SMILES string of the molecule is CCOCCCNC(=S)NCCCn1nc(C(F)(F)F)cc1C. The Bertz CT molecular complexity index is 491. The van der Waals surface area contributed by atoms with Crippen molar-refractivity contribution < 1.29 is 17.9 Å². The monoisotopic (exact) mass is 352 g/mol. The predicted octanol–water partition coefficient (Wildman–Crippen LogP) is 2.49. The van der Waals surface area contributed by atoms with Crippen LogP contribution in [-0.2, 0) is 17.5 Å². The van der Waals surface area contributed by atoms with Gasteiger partial charge in [0.15, 0.2) is 10.8 Å². The lowest BCUT2D eigenvalue weighted by Gasteiger charge is -2.11. The van der Waals surface area contributed by atoms with Gasteiger partial charge in [-0.05, 0) is 45.0 Å². The van der Waals surface area contributed by atoms with Crippen molar-refractivity contribution in [2.75, 3.05) is 26.3 Å². The molecule has 0 aromatic carbocycles. The Labute approximate surface area is 139 Å². The van der Waals surface area contributed by atoms with Crippen LogP contribution in [0.3, 0.4) is 0 Å². The number of aryl methyl sites for hydroxylation is 2. The van der Waals surface area contributed by atoms with Crippen molar-refractivity contribution in [3.63, 3.8) is 0 Å². The summed E-state index contributed by atoms with van der Waals surface area (Å²) in [5.74, 6) is 0. The summed E-state index contributed by atoms with van der Waals surface area (Å²) in [5, 5.41) is 10.2. The van der Waals surface area contributed by atoms with E-state index in [1.165, 1.54) is 4.68 Å². The maximum Gasteiger partial charge on any atom is 0.435 e. The summed E-state index contributed by atoms with van der Waals surface area (Å²) in [5.41, 5.74) is -0.358. The molecule has 0 spiro atoms. The molecule has 132 valence electrons. The van der Waals surface area contributed by atoms with Gasteiger partial charge in [-0.1, -0.05) is 0 Å². The molecule has 0 unspecified atom stereocenters. The van der Waals surface area contributed by atoms with Crippen LogP contribution in [0.25, 0.3) is 0 Å². The standard InChI is InChI=1S/C14H23F3N4OS/c1-3-22-9-5-7-19-13(23)18-6-4-8-21-11(2)10-12(20-21)14(15,16)17/h10H,3-9H2,1-2H3,(H2,18,19,23). The maximum absolute atomic E-state index is 12.5. The number of nitrogens with zero attached hydrogens (tertiary/aromatic N) is 2. The zero-order valence-electron chi connectivity index (χ0n) is 13.4. The van der Waals surface area contributed by atoms with Crippen molar-refractivity contribution in [1.29, 1.82) is 0 Å². The van der Waals surface area contributed by atoms with E-state index in [-0.39, 0.29) is 0 Å². The third-order valence-corrected chi connectivity index (χ3v) is 3.35. The van der Waals surface area contributed by atoms with Crippen LogP contribution in [0.15, 0.2) is 6.07 Å². The first-order valence-electron chi connectivity index (χ1n) is 7.55. The van der Waals surface area contributed by atoms with Crippen LogP contribution in [0.1, 0.15) is 31.2 Å². The van der Waals surface area contributed by atoms with Crippen LogP contribution in [0, 0.1) is 6.92 Å². The number of thiocarbonyl (C=S) groups is 1. The van der Waals surface area contributed by atoms with Gasteiger partial charge in [0.2, 0.25) is 0 Å². The minimum Gasteiger partial charge on any atom is -0.382 e. The number of halogens is 3. The molecule has 2 N–H and O–H groups in total. The van der Waals surface area contributed by atoms with Crippen molar-refractivity contribution in [3.8, 4) is 0 Å². The second kappa shape index (κ2) is 9.71. The highest BCUT2D eigenvalue weighted by molar-refractivity contribution is 7.80. The van der Waals surface area contributed by atoms with Crippen LogP contribution in [0.5, 0.6) is 0 Å². The van der Waals surface area contributed by atoms with E-state index >= 15 is 0 Å². The minimum absolute atomic E-state index is 0.405. The Morgan fingerprint density at radius 1 is 1.30 bits per heavy atom. The van der Waals surface area contributed by atoms with E-state index in [2.05, 4.69) is 15.7 Å². The quantitative estimate of drug-likeness (QED) is 0.528. The van der Waals surface area contributed by atoms with E-state index in [1.807, 2.05) is 6.92 Å². The average molecular weight is 352 g/mol. The van der Waals surface area contributed by atoms with E-state index in [4.69, 9.17) is 17.0 Å². The molecule has 0 fully saturated rings. The van der Waals surface area contributed by atoms with E-state index in [9.17, 15) is 13.2 Å². The van der Waals surface area contributed by atoms with Crippen LogP contribution < -0.4 is 10.6 Å². The highest BCUT2D eigenvalue weighted by Crippen LogP contribution is 2.28. The van der Waals surface area contributed by atoms with Crippen molar-refractivity contribution >= 4 is 17.3 Å². The number of hydrogen-bond acceptors (Lipinski definition) is 3. The van der Waals surface area contributed by atoms with E-state index in [1.54, 1.807) is 6.92 Å². The van der Waals surface area contributed by atoms with Gasteiger partial charge in [-0.25, -0.2) is 0 Å². The number of rotatable bonds is 9. The molecule has 1 aromatic heterocycles. The summed E-state index contributed by atoms with van der Waals surface area (Å²) in [6.07, 6.45) is -2.91. The molecule has 0 bridgehead atoms. The Morgan fingerprint density at radius 3 is 2.52 bits per heavy atom. The van der Waals surface area contributed by atoms with Gasteiger partial charge in [0.25, 0.3) is 0 Å². The number of ether oxygens (including phenoxy) is 1. The third kappa shape index (κ3) is 7.65. The molecular weight excluding hydrogens is 329 g/mol. The van der Waals surface area contributed by atoms with Crippen molar-refractivity contribution in [1.82, 2.24) is 20.4 Å². The van der Waals surface area contributed by atoms with Gasteiger partial charge in [-0.2, -0.15) is 18.3 Å². The smallest absolute Gasteiger partial charge is 0.382 e. The van der Waals surface area contributed by atoms with Gasteiger partial charge in [0.1, 0.15) is 0 Å². The largest absolute Gasteiger partial charge is 0.435 e. The maximum atomic E-state index is 12.5. The van der Waals surface area contributed by atoms with Gasteiger partial charge in [0.05, 0.1) is 0 Å². The Balaban J connectivity index is 2.20. The van der Waals surface area contributed by atoms with Crippen molar-refractivity contribution in [2.45, 2.75) is 39.4 Å². The highest BCUT2D eigenvalue weighted by Gasteiger charge is 2.34. The van der Waals surface area contributed by atoms with Gasteiger partial charge in [-0.15, -0.1) is 0 Å². The second-order valence-electron chi connectivity index (χ2n) is 4.98. The number of hydrogen-bond donors (Lipinski definition) is 2. The number of aromatic nitrogens is 2. The lowest BCUT2D eigenvalue weighted by molar-refractivity contribution is -0.141. The first kappa shape index (κ1) is 19.7. The third-order valence-electron chi connectivity index (χ3n) is 3.06. The molecule has 1 rings (SSSR count). The van der Waals surface area contributed by atoms with Gasteiger partial charge < -0.3 is 15.4 Å². The zero-order valence-corrected chi connectivity index (χ0v) is 14.2. The molecule has 9 heteroatoms. The molecule has 0 atom stereocenters. The molecule has 1 aromatic rings. The minimum atomic E-state index is -4.40. The van der Waals surface area contributed by atoms with Crippen LogP contribution >= 0.6 is 12.2 Å². The molecule has 0 amide bonds. The molecule has 0 aliphatic carbocycles. The summed E-state index contributed by atoms with van der Waals surface area (Å²) >= 11 is 5.11. The molecule has 5 nitrogen and oxygen atoms in total. The summed E-state index contributed by atoms with van der Waals surface area (Å²) < 4.78 is 44.2. The Hall–Kier alpha value is -1.35. The Morgan fingerprint density at radius 2 is 1.96 bits per heavy atom. The summed E-state index contributed by atoms with van der Waals surface area (Å²) in [4.78, 5) is 0. The van der Waals surface area contributed by atoms with Crippen LogP contribution in [-0.4, -0.2) is 41.2 Å². The molecule has 0 aliphatic rings. The van der Waals surface area contributed by atoms with Gasteiger partial charge >= 0.3 is 6.18 Å². The molecule has 1 heterocycles. The zero-order chi connectivity index (χ0) is 17.3. The lowest BCUT2D eigenvalue weighted by atomic mass is 10.3. The first-order valence-corrected chi connectivity index (χ1v) is 7.96. The highest BCUT2D eigenvalue weighted by atomic mass is 32.1. The fourth-order valence-corrected chi connectivity index (χ4v) is 2.09. The normalized spacial score (nSPS) is 11.5. The molecule has 0 radical (unpaired) electrons. The van der Waals surface area contributed by atoms with Gasteiger partial charge in [0, 0.05) is 38.5 Å². The predicted molar refractivity (Wildman–Crippen MR) is 86.3 cm³/mol. The molecule has 0 aliphatic heterocycles. The fourth-order valence-electron chi connectivity index (χ4n) is 1.89. The van der Waals surface area contributed by atoms with Crippen molar-refractivity contribution in [2.24, 2.45) is 0 Å². The molecular formula is C14H23F3N4OS. The summed E-state index contributed by atoms with van der Waals surface area (Å²) in [6, 6.07) is 1.05. The number of alkyl halides is 3. The Kier molecular flexibility index (Phi) is 8.32. The van der Waals surface area contributed by atoms with Crippen LogP contribution in [0.2, 0.25) is 0 Å². The number of nitrogens with one attached hydrogen (secondary N) is 2. The second-order valence-corrected chi connectivity index (χ2v) is 5.39. The molecule has 0 saturated carbocycles. The fraction of sp³-hybridized carbons (Fsp3) is 0.714. The van der Waals surface area contributed by atoms with Crippen molar-refractivity contribution in [3.05, 3.63) is 17.5 Å². The van der Waals surface area contributed by atoms with Crippen LogP contribution in [0.4, 0.5) is 13.2 Å². The topological polar surface area (TPSA) is 51.1 Å². The molecule has 0 saturated heterocycles. The van der Waals surface area contributed by atoms with E-state index < -0.39 is 11.9 Å². The van der Waals surface area contributed by atoms with Gasteiger partial charge in [-0.3, -0.25) is 4.68 Å². The lowest BCUT2D eigenvalue weighted by Crippen LogP contribution is -2.36. The summed E-state index contributed by atoms with van der Waals surface area (Å²) in [7, 11) is 0. The van der Waals surface area contributed by atoms with E-state index in [0.29, 0.717) is 43.5 Å². The molecule has 23 heavy (non-hydrogen) atoms. The average Bonchev–Trinajstić information content (AvgIpc) is 2.85. The van der Waals surface area contributed by atoms with E-state index in [0.717, 1.165) is 19.0 Å². The first-order chi connectivity index (χ1) is 10.8.